The summed E-state index contributed by atoms with van der Waals surface area (Å²) in [6.45, 7) is 2.25. The van der Waals surface area contributed by atoms with Crippen molar-refractivity contribution in [2.75, 3.05) is 0 Å². The molecule has 0 fully saturated rings. The Morgan fingerprint density at radius 1 is 0.750 bits per heavy atom. The fourth-order valence-corrected chi connectivity index (χ4v) is 2.35. The third kappa shape index (κ3) is 17.2. The predicted octanol–water partition coefficient (Wildman–Crippen LogP) is 6.11. The van der Waals surface area contributed by atoms with Crippen molar-refractivity contribution in [3.05, 3.63) is 12.2 Å². The Morgan fingerprint density at radius 3 is 1.70 bits per heavy atom. The zero-order chi connectivity index (χ0) is 14.9. The maximum absolute atomic E-state index is 10.3. The number of unbranched alkanes of at least 4 members (excludes halogenated alkanes) is 11. The maximum Gasteiger partial charge on any atom is 0.303 e. The van der Waals surface area contributed by atoms with Gasteiger partial charge in [-0.25, -0.2) is 0 Å². The first kappa shape index (κ1) is 19.2. The van der Waals surface area contributed by atoms with Crippen LogP contribution >= 0.6 is 0 Å². The van der Waals surface area contributed by atoms with Gasteiger partial charge in [0.15, 0.2) is 0 Å². The van der Waals surface area contributed by atoms with Crippen LogP contribution in [0, 0.1) is 0 Å². The molecule has 1 N–H and O–H groups in total. The highest BCUT2D eigenvalue weighted by atomic mass is 16.4. The summed E-state index contributed by atoms with van der Waals surface area (Å²) in [6, 6.07) is 0. The van der Waals surface area contributed by atoms with Gasteiger partial charge in [-0.15, -0.1) is 0 Å². The molecule has 0 bridgehead atoms. The molecule has 118 valence electrons. The molecule has 0 atom stereocenters. The van der Waals surface area contributed by atoms with Gasteiger partial charge in [0.1, 0.15) is 0 Å². The normalized spacial score (nSPS) is 11.2. The first-order valence-electron chi connectivity index (χ1n) is 8.64. The van der Waals surface area contributed by atoms with Crippen molar-refractivity contribution in [3.63, 3.8) is 0 Å². The zero-order valence-electron chi connectivity index (χ0n) is 13.4. The average molecular weight is 282 g/mol. The highest BCUT2D eigenvalue weighted by Crippen LogP contribution is 2.10. The van der Waals surface area contributed by atoms with Gasteiger partial charge >= 0.3 is 5.97 Å². The van der Waals surface area contributed by atoms with Crippen LogP contribution in [-0.2, 0) is 4.79 Å². The highest BCUT2D eigenvalue weighted by molar-refractivity contribution is 5.66. The van der Waals surface area contributed by atoms with Crippen LogP contribution in [0.25, 0.3) is 0 Å². The molecular formula is C18H34O2. The van der Waals surface area contributed by atoms with Crippen LogP contribution < -0.4 is 0 Å². The molecule has 0 aliphatic rings. The smallest absolute Gasteiger partial charge is 0.303 e. The highest BCUT2D eigenvalue weighted by Gasteiger charge is 1.96. The maximum atomic E-state index is 10.3. The van der Waals surface area contributed by atoms with Gasteiger partial charge in [-0.2, -0.15) is 0 Å². The van der Waals surface area contributed by atoms with E-state index in [4.69, 9.17) is 5.11 Å². The SMILES string of the molecule is CCCCCC/C=C\CCCCCCCCCC(=O)O. The number of aliphatic carboxylic acids is 1. The van der Waals surface area contributed by atoms with Gasteiger partial charge in [0, 0.05) is 6.42 Å². The number of carboxylic acid groups (broad SMARTS) is 1. The molecule has 20 heavy (non-hydrogen) atoms. The molecule has 0 spiro atoms. The molecule has 2 nitrogen and oxygen atoms in total. The van der Waals surface area contributed by atoms with E-state index in [9.17, 15) is 4.79 Å². The number of hydrogen-bond donors (Lipinski definition) is 1. The van der Waals surface area contributed by atoms with Gasteiger partial charge in [0.25, 0.3) is 0 Å². The third-order valence-corrected chi connectivity index (χ3v) is 3.65. The molecule has 0 unspecified atom stereocenters. The van der Waals surface area contributed by atoms with Crippen molar-refractivity contribution in [1.82, 2.24) is 0 Å². The van der Waals surface area contributed by atoms with Crippen LogP contribution in [-0.4, -0.2) is 11.1 Å². The monoisotopic (exact) mass is 282 g/mol. The number of allylic oxidation sites excluding steroid dienone is 2. The molecule has 0 heterocycles. The Morgan fingerprint density at radius 2 is 1.20 bits per heavy atom. The second-order valence-electron chi connectivity index (χ2n) is 5.73. The van der Waals surface area contributed by atoms with Crippen molar-refractivity contribution in [1.29, 1.82) is 0 Å². The molecular weight excluding hydrogens is 248 g/mol. The predicted molar refractivity (Wildman–Crippen MR) is 87.1 cm³/mol. The number of rotatable bonds is 15. The van der Waals surface area contributed by atoms with Gasteiger partial charge < -0.3 is 5.11 Å². The fraction of sp³-hybridized carbons (Fsp3) is 0.833. The minimum atomic E-state index is -0.661. The summed E-state index contributed by atoms with van der Waals surface area (Å²) in [5, 5.41) is 8.51. The number of carbonyl (C=O) groups is 1. The lowest BCUT2D eigenvalue weighted by Crippen LogP contribution is -1.93. The lowest BCUT2D eigenvalue weighted by molar-refractivity contribution is -0.137. The quantitative estimate of drug-likeness (QED) is 0.291. The minimum absolute atomic E-state index is 0.336. The summed E-state index contributed by atoms with van der Waals surface area (Å²) < 4.78 is 0. The molecule has 0 aromatic carbocycles. The zero-order valence-corrected chi connectivity index (χ0v) is 13.4. The van der Waals surface area contributed by atoms with E-state index in [1.165, 1.54) is 70.6 Å². The molecule has 0 aromatic heterocycles. The fourth-order valence-electron chi connectivity index (χ4n) is 2.35. The van der Waals surface area contributed by atoms with Gasteiger partial charge in [-0.05, 0) is 32.1 Å². The summed E-state index contributed by atoms with van der Waals surface area (Å²) in [5.74, 6) is -0.661. The Labute approximate surface area is 125 Å². The summed E-state index contributed by atoms with van der Waals surface area (Å²) in [4.78, 5) is 10.3. The molecule has 2 heteroatoms. The van der Waals surface area contributed by atoms with Crippen molar-refractivity contribution in [2.45, 2.75) is 96.8 Å². The second kappa shape index (κ2) is 16.3. The summed E-state index contributed by atoms with van der Waals surface area (Å²) in [5.41, 5.74) is 0. The molecule has 0 rings (SSSR count). The van der Waals surface area contributed by atoms with Crippen LogP contribution in [0.2, 0.25) is 0 Å². The molecule has 0 aliphatic carbocycles. The first-order chi connectivity index (χ1) is 9.77. The van der Waals surface area contributed by atoms with E-state index in [1.54, 1.807) is 0 Å². The minimum Gasteiger partial charge on any atom is -0.481 e. The second-order valence-corrected chi connectivity index (χ2v) is 5.73. The van der Waals surface area contributed by atoms with Crippen LogP contribution in [0.15, 0.2) is 12.2 Å². The largest absolute Gasteiger partial charge is 0.481 e. The van der Waals surface area contributed by atoms with E-state index in [2.05, 4.69) is 19.1 Å². The Balaban J connectivity index is 3.05. The standard InChI is InChI=1S/C18H34O2/c1-2-3-4-5-6-7-8-9-10-11-12-13-14-15-16-17-18(19)20/h7-8H,2-6,9-17H2,1H3,(H,19,20)/b8-7-. The third-order valence-electron chi connectivity index (χ3n) is 3.65. The van der Waals surface area contributed by atoms with E-state index in [0.717, 1.165) is 12.8 Å². The first-order valence-corrected chi connectivity index (χ1v) is 8.64. The van der Waals surface area contributed by atoms with Crippen molar-refractivity contribution in [2.24, 2.45) is 0 Å². The Kier molecular flexibility index (Phi) is 15.6. The summed E-state index contributed by atoms with van der Waals surface area (Å²) in [6.07, 6.45) is 21.2. The molecule has 0 aliphatic heterocycles. The van der Waals surface area contributed by atoms with E-state index >= 15 is 0 Å². The molecule has 0 radical (unpaired) electrons. The Hall–Kier alpha value is -0.790. The molecule has 0 saturated carbocycles. The van der Waals surface area contributed by atoms with Gasteiger partial charge in [0.2, 0.25) is 0 Å². The molecule has 0 amide bonds. The average Bonchev–Trinajstić information content (AvgIpc) is 2.43. The molecule has 0 saturated heterocycles. The van der Waals surface area contributed by atoms with Gasteiger partial charge in [0.05, 0.1) is 0 Å². The Bertz CT molecular complexity index is 234. The number of carboxylic acids is 1. The lowest BCUT2D eigenvalue weighted by atomic mass is 10.1. The van der Waals surface area contributed by atoms with E-state index in [-0.39, 0.29) is 0 Å². The van der Waals surface area contributed by atoms with Crippen LogP contribution in [0.4, 0.5) is 0 Å². The van der Waals surface area contributed by atoms with E-state index in [1.807, 2.05) is 0 Å². The van der Waals surface area contributed by atoms with Gasteiger partial charge in [-0.1, -0.05) is 70.4 Å². The van der Waals surface area contributed by atoms with Gasteiger partial charge in [-0.3, -0.25) is 4.79 Å². The van der Waals surface area contributed by atoms with Crippen molar-refractivity contribution >= 4 is 5.97 Å². The lowest BCUT2D eigenvalue weighted by Gasteiger charge is -2.00. The summed E-state index contributed by atoms with van der Waals surface area (Å²) >= 11 is 0. The number of hydrogen-bond acceptors (Lipinski definition) is 1. The topological polar surface area (TPSA) is 37.3 Å². The van der Waals surface area contributed by atoms with Crippen LogP contribution in [0.5, 0.6) is 0 Å². The molecule has 0 aromatic rings. The van der Waals surface area contributed by atoms with Crippen LogP contribution in [0.3, 0.4) is 0 Å². The summed E-state index contributed by atoms with van der Waals surface area (Å²) in [7, 11) is 0. The van der Waals surface area contributed by atoms with Crippen molar-refractivity contribution < 1.29 is 9.90 Å². The van der Waals surface area contributed by atoms with Crippen molar-refractivity contribution in [3.8, 4) is 0 Å². The van der Waals surface area contributed by atoms with E-state index < -0.39 is 5.97 Å². The van der Waals surface area contributed by atoms with Crippen LogP contribution in [0.1, 0.15) is 96.8 Å². The van der Waals surface area contributed by atoms with E-state index in [0.29, 0.717) is 6.42 Å².